The molecule has 1 aliphatic rings. The second-order valence-corrected chi connectivity index (χ2v) is 14.1. The molecular weight excluding hydrogens is 738 g/mol. The number of carboxylic acids is 2. The number of hydrogen-bond donors (Lipinski definition) is 11. The first-order valence-corrected chi connectivity index (χ1v) is 18.5. The molecule has 0 aromatic rings. The smallest absolute Gasteiger partial charge is 0.326 e. The molecule has 22 heteroatoms. The summed E-state index contributed by atoms with van der Waals surface area (Å²) in [7, 11) is 0. The minimum Gasteiger partial charge on any atom is -0.481 e. The average molecular weight is 798 g/mol. The highest BCUT2D eigenvalue weighted by molar-refractivity contribution is 5.98. The summed E-state index contributed by atoms with van der Waals surface area (Å²) in [5.41, 5.74) is 21.8. The van der Waals surface area contributed by atoms with Crippen molar-refractivity contribution in [2.45, 2.75) is 122 Å². The van der Waals surface area contributed by atoms with Crippen molar-refractivity contribution in [3.05, 3.63) is 0 Å². The van der Waals surface area contributed by atoms with E-state index in [0.717, 1.165) is 0 Å². The number of aliphatic carboxylic acids is 2. The van der Waals surface area contributed by atoms with E-state index >= 15 is 0 Å². The van der Waals surface area contributed by atoms with Crippen molar-refractivity contribution in [3.8, 4) is 0 Å². The fourth-order valence-corrected chi connectivity index (χ4v) is 5.81. The molecule has 7 atom stereocenters. The number of carbonyl (C=O) groups is 9. The van der Waals surface area contributed by atoms with Crippen LogP contribution in [0.5, 0.6) is 0 Å². The van der Waals surface area contributed by atoms with Crippen LogP contribution in [0.2, 0.25) is 0 Å². The molecule has 22 nitrogen and oxygen atoms in total. The molecule has 1 fully saturated rings. The van der Waals surface area contributed by atoms with E-state index in [1.807, 2.05) is 0 Å². The molecule has 0 aliphatic carbocycles. The standard InChI is InChI=1S/C34H59N11O11/c1-5-18(4)27(44-30(52)22(15-24(36)46)41-25(47)16-40-28(50)19(35)10-11-26(48)49)31(53)43-21(14-17(2)3)29(51)42-20(8-6-12-39-34(37)38)32(54)45-13-7-9-23(45)33(55)56/h17-23,27H,5-16,35H2,1-4H3,(H2,36,46)(H,40,50)(H,41,47)(H,42,51)(H,43,53)(H,44,52)(H,48,49)(H,55,56)(H4,37,38,39)/t18-,19-,20-,21-,22-,23-,27-/m0/s1. The number of likely N-dealkylation sites (tertiary alicyclic amines) is 1. The summed E-state index contributed by atoms with van der Waals surface area (Å²) in [6.07, 6.45) is 0.188. The summed E-state index contributed by atoms with van der Waals surface area (Å²) in [4.78, 5) is 119. The van der Waals surface area contributed by atoms with Crippen molar-refractivity contribution >= 4 is 59.2 Å². The Morgan fingerprint density at radius 1 is 0.821 bits per heavy atom. The number of amides is 7. The first-order chi connectivity index (χ1) is 26.2. The van der Waals surface area contributed by atoms with E-state index in [1.165, 1.54) is 4.90 Å². The van der Waals surface area contributed by atoms with Gasteiger partial charge in [-0.05, 0) is 50.4 Å². The fourth-order valence-electron chi connectivity index (χ4n) is 5.81. The number of carbonyl (C=O) groups excluding carboxylic acids is 7. The third-order valence-corrected chi connectivity index (χ3v) is 9.00. The van der Waals surface area contributed by atoms with Crippen LogP contribution in [-0.2, 0) is 43.2 Å². The Hall–Kier alpha value is -5.54. The maximum atomic E-state index is 13.8. The van der Waals surface area contributed by atoms with Crippen LogP contribution in [0.4, 0.5) is 0 Å². The lowest BCUT2D eigenvalue weighted by Crippen LogP contribution is -2.60. The van der Waals surface area contributed by atoms with Gasteiger partial charge in [0.25, 0.3) is 0 Å². The van der Waals surface area contributed by atoms with E-state index in [4.69, 9.17) is 28.0 Å². The highest BCUT2D eigenvalue weighted by Gasteiger charge is 2.39. The first-order valence-electron chi connectivity index (χ1n) is 18.5. The summed E-state index contributed by atoms with van der Waals surface area (Å²) in [6.45, 7) is 6.59. The number of nitrogens with zero attached hydrogens (tertiary/aromatic N) is 2. The van der Waals surface area contributed by atoms with Crippen molar-refractivity contribution in [2.75, 3.05) is 19.6 Å². The number of primary amides is 1. The van der Waals surface area contributed by atoms with Gasteiger partial charge in [-0.15, -0.1) is 0 Å². The lowest BCUT2D eigenvalue weighted by Gasteiger charge is -2.30. The Kier molecular flexibility index (Phi) is 20.8. The van der Waals surface area contributed by atoms with Gasteiger partial charge in [-0.1, -0.05) is 34.1 Å². The highest BCUT2D eigenvalue weighted by Crippen LogP contribution is 2.20. The summed E-state index contributed by atoms with van der Waals surface area (Å²) in [6, 6.07) is -7.58. The van der Waals surface area contributed by atoms with Gasteiger partial charge >= 0.3 is 11.9 Å². The van der Waals surface area contributed by atoms with E-state index in [0.29, 0.717) is 12.8 Å². The normalized spacial score (nSPS) is 16.9. The number of guanidine groups is 1. The minimum atomic E-state index is -1.59. The van der Waals surface area contributed by atoms with E-state index in [9.17, 15) is 48.3 Å². The molecule has 7 amide bonds. The Labute approximate surface area is 325 Å². The zero-order valence-corrected chi connectivity index (χ0v) is 32.4. The van der Waals surface area contributed by atoms with Gasteiger partial charge in [0, 0.05) is 19.5 Å². The molecular formula is C34H59N11O11. The largest absolute Gasteiger partial charge is 0.481 e. The number of rotatable bonds is 25. The predicted octanol–water partition coefficient (Wildman–Crippen LogP) is -3.67. The van der Waals surface area contributed by atoms with Crippen molar-refractivity contribution in [2.24, 2.45) is 39.8 Å². The zero-order chi connectivity index (χ0) is 42.7. The predicted molar refractivity (Wildman–Crippen MR) is 201 cm³/mol. The molecule has 0 aromatic carbocycles. The summed E-state index contributed by atoms with van der Waals surface area (Å²) >= 11 is 0. The number of nitrogens with two attached hydrogens (primary N) is 4. The van der Waals surface area contributed by atoms with Gasteiger partial charge in [0.1, 0.15) is 30.2 Å². The van der Waals surface area contributed by atoms with Crippen LogP contribution < -0.4 is 49.5 Å². The molecule has 0 unspecified atom stereocenters. The van der Waals surface area contributed by atoms with E-state index in [-0.39, 0.29) is 63.5 Å². The van der Waals surface area contributed by atoms with Gasteiger partial charge in [0.15, 0.2) is 5.96 Å². The molecule has 0 saturated carbocycles. The molecule has 0 aromatic heterocycles. The fraction of sp³-hybridized carbons (Fsp3) is 0.706. The topological polar surface area (TPSA) is 374 Å². The van der Waals surface area contributed by atoms with Crippen LogP contribution >= 0.6 is 0 Å². The number of carboxylic acid groups (broad SMARTS) is 2. The molecule has 15 N–H and O–H groups in total. The maximum absolute atomic E-state index is 13.8. The number of hydrogen-bond acceptors (Lipinski definition) is 11. The van der Waals surface area contributed by atoms with Crippen molar-refractivity contribution in [3.63, 3.8) is 0 Å². The Bertz CT molecular complexity index is 1450. The van der Waals surface area contributed by atoms with Gasteiger partial charge in [-0.2, -0.15) is 0 Å². The van der Waals surface area contributed by atoms with Crippen molar-refractivity contribution in [1.29, 1.82) is 0 Å². The minimum absolute atomic E-state index is 0.0479. The zero-order valence-electron chi connectivity index (χ0n) is 32.4. The van der Waals surface area contributed by atoms with Crippen LogP contribution in [0.1, 0.15) is 85.5 Å². The Morgan fingerprint density at radius 3 is 2.00 bits per heavy atom. The number of nitrogens with one attached hydrogen (secondary N) is 5. The van der Waals surface area contributed by atoms with Gasteiger partial charge in [0.2, 0.25) is 41.4 Å². The van der Waals surface area contributed by atoms with E-state index in [2.05, 4.69) is 31.6 Å². The molecule has 1 aliphatic heterocycles. The number of aliphatic imine (C=N–C) groups is 1. The van der Waals surface area contributed by atoms with Crippen LogP contribution in [0.15, 0.2) is 4.99 Å². The van der Waals surface area contributed by atoms with Gasteiger partial charge < -0.3 is 64.6 Å². The van der Waals surface area contributed by atoms with Crippen LogP contribution in [0.25, 0.3) is 0 Å². The lowest BCUT2D eigenvalue weighted by molar-refractivity contribution is -0.149. The Balaban J connectivity index is 3.22. The van der Waals surface area contributed by atoms with Crippen molar-refractivity contribution < 1.29 is 53.4 Å². The van der Waals surface area contributed by atoms with E-state index < -0.39 is 108 Å². The quantitative estimate of drug-likeness (QED) is 0.0241. The molecule has 1 heterocycles. The monoisotopic (exact) mass is 797 g/mol. The van der Waals surface area contributed by atoms with Crippen LogP contribution in [0.3, 0.4) is 0 Å². The second kappa shape index (κ2) is 24.1. The lowest BCUT2D eigenvalue weighted by atomic mass is 9.96. The molecule has 1 saturated heterocycles. The summed E-state index contributed by atoms with van der Waals surface area (Å²) in [5.74, 6) is -9.07. The summed E-state index contributed by atoms with van der Waals surface area (Å²) < 4.78 is 0. The van der Waals surface area contributed by atoms with Gasteiger partial charge in [0.05, 0.1) is 19.0 Å². The second-order valence-electron chi connectivity index (χ2n) is 14.1. The van der Waals surface area contributed by atoms with E-state index in [1.54, 1.807) is 27.7 Å². The van der Waals surface area contributed by atoms with Crippen LogP contribution in [-0.4, -0.2) is 130 Å². The molecule has 316 valence electrons. The third-order valence-electron chi connectivity index (χ3n) is 9.00. The summed E-state index contributed by atoms with van der Waals surface area (Å²) in [5, 5.41) is 30.8. The Morgan fingerprint density at radius 2 is 1.45 bits per heavy atom. The first kappa shape index (κ1) is 48.5. The van der Waals surface area contributed by atoms with Crippen molar-refractivity contribution in [1.82, 2.24) is 31.5 Å². The molecule has 0 spiro atoms. The maximum Gasteiger partial charge on any atom is 0.326 e. The van der Waals surface area contributed by atoms with Crippen LogP contribution in [0, 0.1) is 11.8 Å². The SMILES string of the molecule is CC[C@H](C)[C@H](NC(=O)[C@H](CC(N)=O)NC(=O)CNC(=O)[C@@H](N)CCC(=O)O)C(=O)N[C@@H](CC(C)C)C(=O)N[C@@H](CCCN=C(N)N)C(=O)N1CCC[C@H]1C(=O)O. The average Bonchev–Trinajstić information content (AvgIpc) is 3.62. The molecule has 56 heavy (non-hydrogen) atoms. The highest BCUT2D eigenvalue weighted by atomic mass is 16.4. The third kappa shape index (κ3) is 17.3. The molecule has 0 radical (unpaired) electrons. The van der Waals surface area contributed by atoms with Gasteiger partial charge in [-0.3, -0.25) is 43.3 Å². The molecule has 1 rings (SSSR count). The molecule has 0 bridgehead atoms. The van der Waals surface area contributed by atoms with Gasteiger partial charge in [-0.25, -0.2) is 4.79 Å².